The van der Waals surface area contributed by atoms with Crippen LogP contribution in [0.4, 0.5) is 0 Å². The summed E-state index contributed by atoms with van der Waals surface area (Å²) in [6.45, 7) is 4.10. The van der Waals surface area contributed by atoms with E-state index in [4.69, 9.17) is 0 Å². The van der Waals surface area contributed by atoms with Crippen molar-refractivity contribution in [3.63, 3.8) is 0 Å². The van der Waals surface area contributed by atoms with Crippen molar-refractivity contribution in [3.05, 3.63) is 12.2 Å². The Labute approximate surface area is 78.9 Å². The van der Waals surface area contributed by atoms with Crippen LogP contribution in [0, 0.1) is 11.8 Å². The van der Waals surface area contributed by atoms with E-state index in [1.807, 2.05) is 12.2 Å². The van der Waals surface area contributed by atoms with E-state index in [9.17, 15) is 4.79 Å². The number of nitrogens with zero attached hydrogens (tertiary/aromatic N) is 1. The van der Waals surface area contributed by atoms with Gasteiger partial charge >= 0.3 is 0 Å². The lowest BCUT2D eigenvalue weighted by atomic mass is 9.84. The average molecular weight is 180 g/mol. The predicted octanol–water partition coefficient (Wildman–Crippen LogP) is 1.36. The fourth-order valence-corrected chi connectivity index (χ4v) is 1.47. The first kappa shape index (κ1) is 9.96. The normalized spacial score (nSPS) is 25.7. The van der Waals surface area contributed by atoms with Crippen LogP contribution in [0.1, 0.15) is 20.3 Å². The van der Waals surface area contributed by atoms with Gasteiger partial charge in [-0.1, -0.05) is 26.0 Å². The third-order valence-electron chi connectivity index (χ3n) is 2.21. The van der Waals surface area contributed by atoms with Gasteiger partial charge in [-0.05, 0) is 5.92 Å². The summed E-state index contributed by atoms with van der Waals surface area (Å²) >= 11 is 0. The van der Waals surface area contributed by atoms with Crippen LogP contribution in [0.15, 0.2) is 17.3 Å². The van der Waals surface area contributed by atoms with Gasteiger partial charge in [0.05, 0.1) is 0 Å². The van der Waals surface area contributed by atoms with Crippen molar-refractivity contribution >= 4 is 11.5 Å². The zero-order valence-electron chi connectivity index (χ0n) is 8.37. The molecule has 1 aliphatic rings. The molecule has 0 aromatic heterocycles. The minimum atomic E-state index is 0.0147. The van der Waals surface area contributed by atoms with Crippen LogP contribution in [0.3, 0.4) is 0 Å². The highest BCUT2D eigenvalue weighted by molar-refractivity contribution is 6.41. The van der Waals surface area contributed by atoms with Gasteiger partial charge in [0.25, 0.3) is 0 Å². The molecule has 72 valence electrons. The second-order valence-electron chi connectivity index (χ2n) is 3.55. The SMILES string of the molecule is CN/N=C1/CC=CC(C(C)C)C1=O. The van der Waals surface area contributed by atoms with Crippen molar-refractivity contribution in [3.8, 4) is 0 Å². The highest BCUT2D eigenvalue weighted by atomic mass is 16.1. The molecule has 0 radical (unpaired) electrons. The molecule has 13 heavy (non-hydrogen) atoms. The molecule has 0 heterocycles. The van der Waals surface area contributed by atoms with Crippen LogP contribution in [0.5, 0.6) is 0 Å². The van der Waals surface area contributed by atoms with Gasteiger partial charge in [0.15, 0.2) is 5.78 Å². The minimum Gasteiger partial charge on any atom is -0.313 e. The summed E-state index contributed by atoms with van der Waals surface area (Å²) < 4.78 is 0. The van der Waals surface area contributed by atoms with Gasteiger partial charge in [-0.25, -0.2) is 0 Å². The van der Waals surface area contributed by atoms with Gasteiger partial charge in [-0.15, -0.1) is 0 Å². The van der Waals surface area contributed by atoms with Crippen LogP contribution in [-0.2, 0) is 4.79 Å². The maximum Gasteiger partial charge on any atom is 0.186 e. The summed E-state index contributed by atoms with van der Waals surface area (Å²) in [6.07, 6.45) is 4.66. The first-order valence-electron chi connectivity index (χ1n) is 4.61. The maximum absolute atomic E-state index is 11.7. The van der Waals surface area contributed by atoms with Gasteiger partial charge in [-0.2, -0.15) is 5.10 Å². The standard InChI is InChI=1S/C10H16N2O/c1-7(2)8-5-4-6-9(10(8)13)12-11-3/h4-5,7-8,11H,6H2,1-3H3/b12-9-. The number of hydrogen-bond acceptors (Lipinski definition) is 3. The number of ketones is 1. The van der Waals surface area contributed by atoms with Crippen molar-refractivity contribution < 1.29 is 4.79 Å². The summed E-state index contributed by atoms with van der Waals surface area (Å²) in [4.78, 5) is 11.7. The third kappa shape index (κ3) is 2.17. The number of hydrogen-bond donors (Lipinski definition) is 1. The number of carbonyl (C=O) groups excluding carboxylic acids is 1. The number of allylic oxidation sites excluding steroid dienone is 2. The van der Waals surface area contributed by atoms with Gasteiger partial charge in [0.2, 0.25) is 0 Å². The van der Waals surface area contributed by atoms with Crippen molar-refractivity contribution in [1.29, 1.82) is 0 Å². The Morgan fingerprint density at radius 1 is 1.62 bits per heavy atom. The zero-order chi connectivity index (χ0) is 9.84. The number of hydrazone groups is 1. The molecule has 1 unspecified atom stereocenters. The molecule has 0 bridgehead atoms. The highest BCUT2D eigenvalue weighted by Gasteiger charge is 2.26. The summed E-state index contributed by atoms with van der Waals surface area (Å²) in [6, 6.07) is 0. The number of nitrogens with one attached hydrogen (secondary N) is 1. The molecule has 0 saturated carbocycles. The Morgan fingerprint density at radius 3 is 2.85 bits per heavy atom. The van der Waals surface area contributed by atoms with Crippen LogP contribution in [0.25, 0.3) is 0 Å². The molecular formula is C10H16N2O. The fourth-order valence-electron chi connectivity index (χ4n) is 1.47. The highest BCUT2D eigenvalue weighted by Crippen LogP contribution is 2.19. The summed E-state index contributed by atoms with van der Waals surface area (Å²) in [5.74, 6) is 0.527. The second kappa shape index (κ2) is 4.21. The average Bonchev–Trinajstić information content (AvgIpc) is 2.08. The van der Waals surface area contributed by atoms with Crippen molar-refractivity contribution in [2.24, 2.45) is 16.9 Å². The maximum atomic E-state index is 11.7. The van der Waals surface area contributed by atoms with Crippen molar-refractivity contribution in [2.75, 3.05) is 7.05 Å². The van der Waals surface area contributed by atoms with Gasteiger partial charge in [0, 0.05) is 19.4 Å². The van der Waals surface area contributed by atoms with Crippen molar-refractivity contribution in [2.45, 2.75) is 20.3 Å². The fraction of sp³-hybridized carbons (Fsp3) is 0.600. The Balaban J connectivity index is 2.83. The molecule has 3 nitrogen and oxygen atoms in total. The zero-order valence-corrected chi connectivity index (χ0v) is 8.37. The molecule has 3 heteroatoms. The molecule has 0 amide bonds. The first-order chi connectivity index (χ1) is 6.16. The third-order valence-corrected chi connectivity index (χ3v) is 2.21. The molecule has 0 fully saturated rings. The lowest BCUT2D eigenvalue weighted by Gasteiger charge is -2.19. The number of rotatable bonds is 2. The van der Waals surface area contributed by atoms with E-state index in [-0.39, 0.29) is 11.7 Å². The number of Topliss-reactive ketones (excluding diaryl/α,β-unsaturated/α-hetero) is 1. The smallest absolute Gasteiger partial charge is 0.186 e. The van der Waals surface area contributed by atoms with E-state index in [1.54, 1.807) is 7.05 Å². The van der Waals surface area contributed by atoms with E-state index in [1.165, 1.54) is 0 Å². The van der Waals surface area contributed by atoms with Crippen LogP contribution in [-0.4, -0.2) is 18.5 Å². The number of carbonyl (C=O) groups is 1. The quantitative estimate of drug-likeness (QED) is 0.515. The van der Waals surface area contributed by atoms with Crippen LogP contribution >= 0.6 is 0 Å². The Hall–Kier alpha value is -1.12. The monoisotopic (exact) mass is 180 g/mol. The molecule has 0 saturated heterocycles. The summed E-state index contributed by atoms with van der Waals surface area (Å²) in [7, 11) is 1.71. The molecule has 1 N–H and O–H groups in total. The molecule has 0 aromatic rings. The first-order valence-corrected chi connectivity index (χ1v) is 4.61. The molecule has 0 aromatic carbocycles. The summed E-state index contributed by atoms with van der Waals surface area (Å²) in [5.41, 5.74) is 3.30. The Bertz CT molecular complexity index is 254. The molecule has 1 rings (SSSR count). The van der Waals surface area contributed by atoms with E-state index in [2.05, 4.69) is 24.4 Å². The van der Waals surface area contributed by atoms with Crippen molar-refractivity contribution in [1.82, 2.24) is 5.43 Å². The Kier molecular flexibility index (Phi) is 3.23. The topological polar surface area (TPSA) is 41.5 Å². The van der Waals surface area contributed by atoms with Crippen LogP contribution in [0.2, 0.25) is 0 Å². The van der Waals surface area contributed by atoms with E-state index < -0.39 is 0 Å². The molecule has 1 aliphatic carbocycles. The second-order valence-corrected chi connectivity index (χ2v) is 3.55. The van der Waals surface area contributed by atoms with Gasteiger partial charge in [0.1, 0.15) is 5.71 Å². The van der Waals surface area contributed by atoms with Gasteiger partial charge in [-0.3, -0.25) is 4.79 Å². The van der Waals surface area contributed by atoms with E-state index >= 15 is 0 Å². The molecule has 0 aliphatic heterocycles. The summed E-state index contributed by atoms with van der Waals surface area (Å²) in [5, 5.41) is 3.96. The largest absolute Gasteiger partial charge is 0.313 e. The molecular weight excluding hydrogens is 164 g/mol. The molecule has 0 spiro atoms. The van der Waals surface area contributed by atoms with E-state index in [0.717, 1.165) is 0 Å². The van der Waals surface area contributed by atoms with Gasteiger partial charge < -0.3 is 5.43 Å². The lowest BCUT2D eigenvalue weighted by Crippen LogP contribution is -2.30. The van der Waals surface area contributed by atoms with Crippen LogP contribution < -0.4 is 5.43 Å². The molecule has 1 atom stereocenters. The minimum absolute atomic E-state index is 0.0147. The van der Waals surface area contributed by atoms with E-state index in [0.29, 0.717) is 18.1 Å². The Morgan fingerprint density at radius 2 is 2.31 bits per heavy atom. The predicted molar refractivity (Wildman–Crippen MR) is 53.6 cm³/mol. The lowest BCUT2D eigenvalue weighted by molar-refractivity contribution is -0.116.